The summed E-state index contributed by atoms with van der Waals surface area (Å²) in [6.07, 6.45) is 15.7. The minimum Gasteiger partial charge on any atom is -0.381 e. The van der Waals surface area contributed by atoms with Crippen molar-refractivity contribution in [2.75, 3.05) is 13.2 Å². The normalized spacial score (nSPS) is 18.7. The molecule has 0 fully saturated rings. The molecule has 0 bridgehead atoms. The molecule has 1 heteroatoms. The largest absolute Gasteiger partial charge is 0.381 e. The third kappa shape index (κ3) is 15.1. The molecule has 1 rings (SSSR count). The van der Waals surface area contributed by atoms with Crippen LogP contribution in [-0.4, -0.2) is 13.2 Å². The lowest BCUT2D eigenvalue weighted by atomic mass is 10.1. The second-order valence-electron chi connectivity index (χ2n) is 6.11. The molecule has 0 aromatic rings. The van der Waals surface area contributed by atoms with E-state index < -0.39 is 0 Å². The molecule has 0 radical (unpaired) electrons. The Bertz CT molecular complexity index is 490. The Hall–Kier alpha value is -1.80. The van der Waals surface area contributed by atoms with Crippen LogP contribution in [0.25, 0.3) is 0 Å². The summed E-state index contributed by atoms with van der Waals surface area (Å²) in [4.78, 5) is 0. The molecular formula is C23H30O. The van der Waals surface area contributed by atoms with Crippen LogP contribution in [0.15, 0.2) is 0 Å². The average molecular weight is 322 g/mol. The fourth-order valence-corrected chi connectivity index (χ4v) is 2.51. The first-order valence-electron chi connectivity index (χ1n) is 9.53. The summed E-state index contributed by atoms with van der Waals surface area (Å²) in [5.41, 5.74) is 0. The lowest BCUT2D eigenvalue weighted by Crippen LogP contribution is -1.97. The molecule has 0 saturated heterocycles. The average Bonchev–Trinajstić information content (AvgIpc) is 2.59. The quantitative estimate of drug-likeness (QED) is 0.564. The fraction of sp³-hybridized carbons (Fsp3) is 0.652. The molecule has 0 atom stereocenters. The van der Waals surface area contributed by atoms with Gasteiger partial charge in [0.2, 0.25) is 0 Å². The first-order valence-corrected chi connectivity index (χ1v) is 9.53. The van der Waals surface area contributed by atoms with Gasteiger partial charge in [0.25, 0.3) is 0 Å². The van der Waals surface area contributed by atoms with E-state index in [1.54, 1.807) is 0 Å². The Kier molecular flexibility index (Phi) is 14.8. The highest BCUT2D eigenvalue weighted by Crippen LogP contribution is 2.10. The Labute approximate surface area is 149 Å². The Morgan fingerprint density at radius 3 is 1.33 bits per heavy atom. The standard InChI is InChI=1S/C23H30O/c1-2-4-6-8-10-12-14-16-18-20-22-24-23-21-19-17-15-13-11-9-7-5-3-1/h2,4,6,8,10,12,14,16-23H2. The zero-order valence-corrected chi connectivity index (χ0v) is 15.0. The maximum Gasteiger partial charge on any atom is 0.0466 e. The molecule has 0 unspecified atom stereocenters. The first kappa shape index (κ1) is 20.2. The molecule has 0 saturated carbocycles. The van der Waals surface area contributed by atoms with Crippen LogP contribution in [0.2, 0.25) is 0 Å². The lowest BCUT2D eigenvalue weighted by molar-refractivity contribution is 0.126. The van der Waals surface area contributed by atoms with Crippen molar-refractivity contribution >= 4 is 0 Å². The van der Waals surface area contributed by atoms with Crippen LogP contribution in [-0.2, 0) is 4.74 Å². The van der Waals surface area contributed by atoms with Crippen molar-refractivity contribution in [2.45, 2.75) is 83.5 Å². The van der Waals surface area contributed by atoms with Gasteiger partial charge in [-0.3, -0.25) is 0 Å². The molecule has 1 aliphatic heterocycles. The fourth-order valence-electron chi connectivity index (χ4n) is 2.51. The summed E-state index contributed by atoms with van der Waals surface area (Å²) in [7, 11) is 0. The van der Waals surface area contributed by atoms with Crippen molar-refractivity contribution in [1.29, 1.82) is 0 Å². The third-order valence-corrected chi connectivity index (χ3v) is 3.92. The van der Waals surface area contributed by atoms with E-state index in [4.69, 9.17) is 4.74 Å². The zero-order valence-electron chi connectivity index (χ0n) is 15.0. The minimum atomic E-state index is 0.859. The molecule has 0 spiro atoms. The van der Waals surface area contributed by atoms with Gasteiger partial charge in [-0.05, 0) is 61.2 Å². The summed E-state index contributed by atoms with van der Waals surface area (Å²) in [5, 5.41) is 0. The van der Waals surface area contributed by atoms with E-state index in [0.717, 1.165) is 38.9 Å². The van der Waals surface area contributed by atoms with Crippen molar-refractivity contribution in [1.82, 2.24) is 0 Å². The van der Waals surface area contributed by atoms with Gasteiger partial charge in [0.15, 0.2) is 0 Å². The van der Waals surface area contributed by atoms with Gasteiger partial charge in [0.1, 0.15) is 0 Å². The van der Waals surface area contributed by atoms with Crippen LogP contribution in [0.5, 0.6) is 0 Å². The Morgan fingerprint density at radius 1 is 0.375 bits per heavy atom. The maximum atomic E-state index is 5.66. The van der Waals surface area contributed by atoms with Crippen molar-refractivity contribution < 1.29 is 4.74 Å². The van der Waals surface area contributed by atoms with Crippen molar-refractivity contribution in [3.8, 4) is 47.4 Å². The van der Waals surface area contributed by atoms with Gasteiger partial charge in [-0.1, -0.05) is 56.8 Å². The molecule has 0 aromatic carbocycles. The molecule has 1 heterocycles. The van der Waals surface area contributed by atoms with Crippen molar-refractivity contribution in [3.63, 3.8) is 0 Å². The van der Waals surface area contributed by atoms with Crippen LogP contribution >= 0.6 is 0 Å². The number of hydrogen-bond donors (Lipinski definition) is 0. The van der Waals surface area contributed by atoms with Gasteiger partial charge >= 0.3 is 0 Å². The van der Waals surface area contributed by atoms with Crippen LogP contribution in [0.4, 0.5) is 0 Å². The van der Waals surface area contributed by atoms with E-state index in [-0.39, 0.29) is 0 Å². The molecule has 0 amide bonds. The summed E-state index contributed by atoms with van der Waals surface area (Å²) in [6, 6.07) is 0. The number of ether oxygens (including phenoxy) is 1. The molecular weight excluding hydrogens is 292 g/mol. The summed E-state index contributed by atoms with van der Waals surface area (Å²) >= 11 is 0. The van der Waals surface area contributed by atoms with Gasteiger partial charge in [-0.2, -0.15) is 0 Å². The van der Waals surface area contributed by atoms with Gasteiger partial charge in [-0.25, -0.2) is 0 Å². The highest BCUT2D eigenvalue weighted by molar-refractivity contribution is 5.39. The monoisotopic (exact) mass is 322 g/mol. The van der Waals surface area contributed by atoms with Gasteiger partial charge < -0.3 is 4.74 Å². The van der Waals surface area contributed by atoms with Crippen LogP contribution in [0.1, 0.15) is 83.5 Å². The van der Waals surface area contributed by atoms with E-state index >= 15 is 0 Å². The van der Waals surface area contributed by atoms with Gasteiger partial charge in [0.05, 0.1) is 0 Å². The molecule has 24 heavy (non-hydrogen) atoms. The molecule has 1 aliphatic rings. The van der Waals surface area contributed by atoms with Crippen LogP contribution < -0.4 is 0 Å². The van der Waals surface area contributed by atoms with Crippen molar-refractivity contribution in [2.24, 2.45) is 0 Å². The van der Waals surface area contributed by atoms with Crippen LogP contribution in [0, 0.1) is 47.4 Å². The topological polar surface area (TPSA) is 9.23 Å². The predicted molar refractivity (Wildman–Crippen MR) is 102 cm³/mol. The Balaban J connectivity index is 2.28. The molecule has 0 aliphatic carbocycles. The van der Waals surface area contributed by atoms with Gasteiger partial charge in [0, 0.05) is 26.1 Å². The van der Waals surface area contributed by atoms with E-state index in [1.807, 2.05) is 0 Å². The smallest absolute Gasteiger partial charge is 0.0466 e. The van der Waals surface area contributed by atoms with Crippen LogP contribution in [0.3, 0.4) is 0 Å². The van der Waals surface area contributed by atoms with Crippen molar-refractivity contribution in [3.05, 3.63) is 0 Å². The summed E-state index contributed by atoms with van der Waals surface area (Å²) in [5.74, 6) is 22.8. The molecule has 0 N–H and O–H groups in total. The zero-order chi connectivity index (χ0) is 17.0. The summed E-state index contributed by atoms with van der Waals surface area (Å²) < 4.78 is 5.66. The first-order chi connectivity index (χ1) is 12.0. The number of hydrogen-bond acceptors (Lipinski definition) is 1. The maximum absolute atomic E-state index is 5.66. The van der Waals surface area contributed by atoms with E-state index in [9.17, 15) is 0 Å². The van der Waals surface area contributed by atoms with E-state index in [2.05, 4.69) is 47.4 Å². The minimum absolute atomic E-state index is 0.859. The second kappa shape index (κ2) is 17.6. The Morgan fingerprint density at radius 2 is 0.750 bits per heavy atom. The number of rotatable bonds is 0. The van der Waals surface area contributed by atoms with Gasteiger partial charge in [-0.15, -0.1) is 0 Å². The summed E-state index contributed by atoms with van der Waals surface area (Å²) in [6.45, 7) is 1.77. The predicted octanol–water partition coefficient (Wildman–Crippen LogP) is 5.10. The highest BCUT2D eigenvalue weighted by atomic mass is 16.5. The van der Waals surface area contributed by atoms with E-state index in [0.29, 0.717) is 0 Å². The lowest BCUT2D eigenvalue weighted by Gasteiger charge is -2.04. The molecule has 0 aromatic heterocycles. The molecule has 1 nitrogen and oxygen atoms in total. The third-order valence-electron chi connectivity index (χ3n) is 3.92. The SMILES string of the molecule is C1#CC#CCCCCCCCCCCCOCCCCC#CC#C1. The highest BCUT2D eigenvalue weighted by Gasteiger charge is 1.94. The molecule has 128 valence electrons. The second-order valence-corrected chi connectivity index (χ2v) is 6.11. The van der Waals surface area contributed by atoms with E-state index in [1.165, 1.54) is 57.8 Å².